The van der Waals surface area contributed by atoms with Crippen LogP contribution in [0, 0.1) is 5.82 Å². The summed E-state index contributed by atoms with van der Waals surface area (Å²) < 4.78 is 13.4. The molecule has 1 heterocycles. The highest BCUT2D eigenvalue weighted by Gasteiger charge is 2.08. The molecule has 21 heavy (non-hydrogen) atoms. The normalized spacial score (nSPS) is 16.2. The van der Waals surface area contributed by atoms with Gasteiger partial charge in [0.1, 0.15) is 5.82 Å². The summed E-state index contributed by atoms with van der Waals surface area (Å²) in [5, 5.41) is 6.13. The Hall–Kier alpha value is -1.72. The molecule has 1 aromatic carbocycles. The monoisotopic (exact) mass is 291 g/mol. The number of carbonyl (C=O) groups is 1. The number of amides is 1. The summed E-state index contributed by atoms with van der Waals surface area (Å²) in [6.45, 7) is 5.86. The zero-order valence-corrected chi connectivity index (χ0v) is 12.1. The van der Waals surface area contributed by atoms with E-state index in [1.165, 1.54) is 18.2 Å². The van der Waals surface area contributed by atoms with Crippen molar-refractivity contribution >= 4 is 12.0 Å². The first kappa shape index (κ1) is 15.7. The lowest BCUT2D eigenvalue weighted by atomic mass is 10.2. The molecule has 114 valence electrons. The van der Waals surface area contributed by atoms with Crippen LogP contribution in [0.3, 0.4) is 0 Å². The minimum Gasteiger partial charge on any atom is -0.353 e. The lowest BCUT2D eigenvalue weighted by Crippen LogP contribution is -2.44. The number of hydrogen-bond donors (Lipinski definition) is 2. The highest BCUT2D eigenvalue weighted by atomic mass is 19.1. The molecular weight excluding hydrogens is 269 g/mol. The van der Waals surface area contributed by atoms with Crippen molar-refractivity contribution in [3.8, 4) is 0 Å². The van der Waals surface area contributed by atoms with Crippen LogP contribution in [0.1, 0.15) is 12.0 Å². The fourth-order valence-electron chi connectivity index (χ4n) is 2.28. The molecule has 0 aliphatic carbocycles. The molecule has 1 aliphatic heterocycles. The number of nitrogens with one attached hydrogen (secondary N) is 2. The Balaban J connectivity index is 1.64. The van der Waals surface area contributed by atoms with E-state index in [1.807, 2.05) is 0 Å². The number of nitrogens with zero attached hydrogens (tertiary/aromatic N) is 1. The molecule has 0 radical (unpaired) electrons. The van der Waals surface area contributed by atoms with E-state index in [0.29, 0.717) is 12.1 Å². The summed E-state index contributed by atoms with van der Waals surface area (Å²) in [6.07, 6.45) is 3.81. The van der Waals surface area contributed by atoms with Crippen molar-refractivity contribution in [2.24, 2.45) is 0 Å². The van der Waals surface area contributed by atoms with Crippen molar-refractivity contribution in [3.05, 3.63) is 41.7 Å². The van der Waals surface area contributed by atoms with E-state index < -0.39 is 0 Å². The molecule has 1 fully saturated rings. The van der Waals surface area contributed by atoms with Crippen LogP contribution in [0.5, 0.6) is 0 Å². The van der Waals surface area contributed by atoms with E-state index in [-0.39, 0.29) is 11.7 Å². The molecule has 2 N–H and O–H groups in total. The molecular formula is C16H22FN3O. The lowest BCUT2D eigenvalue weighted by molar-refractivity contribution is -0.116. The van der Waals surface area contributed by atoms with Crippen LogP contribution >= 0.6 is 0 Å². The second-order valence-electron chi connectivity index (χ2n) is 5.09. The predicted molar refractivity (Wildman–Crippen MR) is 82.4 cm³/mol. The Bertz CT molecular complexity index is 484. The molecule has 5 heteroatoms. The topological polar surface area (TPSA) is 44.4 Å². The Morgan fingerprint density at radius 1 is 1.33 bits per heavy atom. The van der Waals surface area contributed by atoms with Gasteiger partial charge in [0.25, 0.3) is 0 Å². The van der Waals surface area contributed by atoms with Crippen LogP contribution in [-0.2, 0) is 4.79 Å². The van der Waals surface area contributed by atoms with Crippen LogP contribution in [0.4, 0.5) is 4.39 Å². The van der Waals surface area contributed by atoms with Crippen molar-refractivity contribution in [1.82, 2.24) is 15.5 Å². The third kappa shape index (κ3) is 5.65. The summed E-state index contributed by atoms with van der Waals surface area (Å²) in [7, 11) is 0. The first-order valence-corrected chi connectivity index (χ1v) is 7.39. The maximum Gasteiger partial charge on any atom is 0.244 e. The molecule has 4 nitrogen and oxygen atoms in total. The fraction of sp³-hybridized carbons (Fsp3) is 0.438. The Kier molecular flexibility index (Phi) is 6.37. The molecule has 0 bridgehead atoms. The van der Waals surface area contributed by atoms with E-state index >= 15 is 0 Å². The number of benzene rings is 1. The highest BCUT2D eigenvalue weighted by molar-refractivity contribution is 5.91. The average Bonchev–Trinajstić information content (AvgIpc) is 2.52. The molecule has 1 amide bonds. The molecule has 0 unspecified atom stereocenters. The second-order valence-corrected chi connectivity index (χ2v) is 5.09. The second kappa shape index (κ2) is 8.54. The van der Waals surface area contributed by atoms with Gasteiger partial charge in [-0.1, -0.05) is 18.2 Å². The SMILES string of the molecule is O=C(C=Cc1ccccc1F)NCCCN1CCNCC1. The number of halogens is 1. The summed E-state index contributed by atoms with van der Waals surface area (Å²) >= 11 is 0. The van der Waals surface area contributed by atoms with E-state index in [2.05, 4.69) is 15.5 Å². The van der Waals surface area contributed by atoms with Gasteiger partial charge in [-0.15, -0.1) is 0 Å². The predicted octanol–water partition coefficient (Wildman–Crippen LogP) is 1.25. The number of rotatable bonds is 6. The van der Waals surface area contributed by atoms with Gasteiger partial charge in [0.15, 0.2) is 0 Å². The van der Waals surface area contributed by atoms with Gasteiger partial charge in [-0.25, -0.2) is 4.39 Å². The van der Waals surface area contributed by atoms with E-state index in [0.717, 1.165) is 39.1 Å². The summed E-state index contributed by atoms with van der Waals surface area (Å²) in [4.78, 5) is 14.0. The Morgan fingerprint density at radius 2 is 2.10 bits per heavy atom. The first-order valence-electron chi connectivity index (χ1n) is 7.39. The number of piperazine rings is 1. The van der Waals surface area contributed by atoms with E-state index in [4.69, 9.17) is 0 Å². The number of carbonyl (C=O) groups excluding carboxylic acids is 1. The van der Waals surface area contributed by atoms with Crippen LogP contribution in [-0.4, -0.2) is 50.1 Å². The van der Waals surface area contributed by atoms with E-state index in [9.17, 15) is 9.18 Å². The molecule has 2 rings (SSSR count). The van der Waals surface area contributed by atoms with Crippen LogP contribution in [0.25, 0.3) is 6.08 Å². The quantitative estimate of drug-likeness (QED) is 0.612. The lowest BCUT2D eigenvalue weighted by Gasteiger charge is -2.26. The first-order chi connectivity index (χ1) is 10.3. The largest absolute Gasteiger partial charge is 0.353 e. The molecule has 0 spiro atoms. The smallest absolute Gasteiger partial charge is 0.244 e. The zero-order chi connectivity index (χ0) is 14.9. The third-order valence-corrected chi connectivity index (χ3v) is 3.48. The van der Waals surface area contributed by atoms with Crippen molar-refractivity contribution in [3.63, 3.8) is 0 Å². The maximum absolute atomic E-state index is 13.4. The van der Waals surface area contributed by atoms with Gasteiger partial charge in [-0.2, -0.15) is 0 Å². The van der Waals surface area contributed by atoms with Gasteiger partial charge in [0, 0.05) is 44.4 Å². The minimum absolute atomic E-state index is 0.182. The summed E-state index contributed by atoms with van der Waals surface area (Å²) in [5.41, 5.74) is 0.425. The summed E-state index contributed by atoms with van der Waals surface area (Å²) in [6, 6.07) is 6.39. The maximum atomic E-state index is 13.4. The van der Waals surface area contributed by atoms with Crippen LogP contribution in [0.2, 0.25) is 0 Å². The van der Waals surface area contributed by atoms with Gasteiger partial charge in [0.2, 0.25) is 5.91 Å². The van der Waals surface area contributed by atoms with E-state index in [1.54, 1.807) is 18.2 Å². The Labute approximate surface area is 125 Å². The van der Waals surface area contributed by atoms with Crippen molar-refractivity contribution in [1.29, 1.82) is 0 Å². The summed E-state index contributed by atoms with van der Waals surface area (Å²) in [5.74, 6) is -0.501. The zero-order valence-electron chi connectivity index (χ0n) is 12.1. The molecule has 1 aromatic rings. The molecule has 0 atom stereocenters. The van der Waals surface area contributed by atoms with Crippen molar-refractivity contribution < 1.29 is 9.18 Å². The molecule has 0 aromatic heterocycles. The molecule has 1 aliphatic rings. The van der Waals surface area contributed by atoms with Crippen molar-refractivity contribution in [2.75, 3.05) is 39.3 Å². The average molecular weight is 291 g/mol. The standard InChI is InChI=1S/C16H22FN3O/c17-15-5-2-1-4-14(15)6-7-16(21)19-8-3-11-20-12-9-18-10-13-20/h1-2,4-7,18H,3,8-13H2,(H,19,21). The van der Waals surface area contributed by atoms with Gasteiger partial charge in [-0.3, -0.25) is 4.79 Å². The van der Waals surface area contributed by atoms with Crippen LogP contribution in [0.15, 0.2) is 30.3 Å². The third-order valence-electron chi connectivity index (χ3n) is 3.48. The number of hydrogen-bond acceptors (Lipinski definition) is 3. The van der Waals surface area contributed by atoms with Crippen LogP contribution < -0.4 is 10.6 Å². The van der Waals surface area contributed by atoms with Gasteiger partial charge >= 0.3 is 0 Å². The fourth-order valence-corrected chi connectivity index (χ4v) is 2.28. The van der Waals surface area contributed by atoms with Gasteiger partial charge in [-0.05, 0) is 25.1 Å². The molecule has 1 saturated heterocycles. The van der Waals surface area contributed by atoms with Gasteiger partial charge < -0.3 is 15.5 Å². The molecule has 0 saturated carbocycles. The highest BCUT2D eigenvalue weighted by Crippen LogP contribution is 2.07. The Morgan fingerprint density at radius 3 is 2.86 bits per heavy atom. The van der Waals surface area contributed by atoms with Crippen molar-refractivity contribution in [2.45, 2.75) is 6.42 Å². The minimum atomic E-state index is -0.319. The van der Waals surface area contributed by atoms with Gasteiger partial charge in [0.05, 0.1) is 0 Å².